The highest BCUT2D eigenvalue weighted by Gasteiger charge is 2.77. The van der Waals surface area contributed by atoms with Crippen LogP contribution in [0.5, 0.6) is 0 Å². The maximum Gasteiger partial charge on any atom is 0.312 e. The Hall–Kier alpha value is -3.01. The zero-order valence-electron chi connectivity index (χ0n) is 23.0. The molecule has 0 saturated carbocycles. The summed E-state index contributed by atoms with van der Waals surface area (Å²) in [5.74, 6) is -3.02. The van der Waals surface area contributed by atoms with Crippen LogP contribution in [-0.2, 0) is 23.9 Å². The minimum atomic E-state index is -1.28. The Morgan fingerprint density at radius 1 is 1.23 bits per heavy atom. The van der Waals surface area contributed by atoms with Crippen molar-refractivity contribution < 1.29 is 29.0 Å². The third-order valence-corrected chi connectivity index (χ3v) is 9.34. The summed E-state index contributed by atoms with van der Waals surface area (Å²) in [6.07, 6.45) is 1.41. The number of para-hydroxylation sites is 1. The number of amides is 2. The Bertz CT molecular complexity index is 1300. The highest BCUT2D eigenvalue weighted by molar-refractivity contribution is 9.09. The lowest BCUT2D eigenvalue weighted by atomic mass is 9.70. The van der Waals surface area contributed by atoms with Crippen LogP contribution in [0.25, 0.3) is 0 Å². The molecule has 5 rings (SSSR count). The van der Waals surface area contributed by atoms with Crippen LogP contribution in [0.1, 0.15) is 36.1 Å². The van der Waals surface area contributed by atoms with Gasteiger partial charge in [0.05, 0.1) is 37.2 Å². The summed E-state index contributed by atoms with van der Waals surface area (Å²) >= 11 is 3.68. The number of carbonyl (C=O) groups excluding carboxylic acids is 3. The van der Waals surface area contributed by atoms with E-state index in [1.807, 2.05) is 62.4 Å². The van der Waals surface area contributed by atoms with E-state index >= 15 is 0 Å². The van der Waals surface area contributed by atoms with Gasteiger partial charge in [-0.15, -0.1) is 6.58 Å². The second-order valence-corrected chi connectivity index (χ2v) is 11.9. The van der Waals surface area contributed by atoms with Gasteiger partial charge in [0.1, 0.15) is 11.6 Å². The molecule has 3 fully saturated rings. The molecule has 0 radical (unpaired) electrons. The fourth-order valence-corrected chi connectivity index (χ4v) is 7.96. The van der Waals surface area contributed by atoms with Gasteiger partial charge in [0.15, 0.2) is 0 Å². The largest absolute Gasteiger partial charge is 0.466 e. The summed E-state index contributed by atoms with van der Waals surface area (Å²) in [5.41, 5.74) is 1.96. The molecular formula is C31H35BrN2O6. The molecule has 0 aromatic heterocycles. The Morgan fingerprint density at radius 2 is 1.90 bits per heavy atom. The molecule has 3 saturated heterocycles. The SMILES string of the molecule is C=CCN(C(=O)C1N([C@H](CO)c2ccccc2)C(=O)[C@@H]2[C@@H](C(=O)OCC)[C@@H]3OC12CC3Br)c1c(C)cccc1C. The molecule has 3 aliphatic rings. The molecule has 1 spiro atoms. The number of likely N-dealkylation sites (tertiary alicyclic amines) is 1. The maximum absolute atomic E-state index is 14.9. The molecule has 9 heteroatoms. The van der Waals surface area contributed by atoms with Gasteiger partial charge in [-0.25, -0.2) is 0 Å². The molecule has 2 aromatic carbocycles. The van der Waals surface area contributed by atoms with Gasteiger partial charge in [-0.05, 0) is 43.9 Å². The molecule has 7 atom stereocenters. The van der Waals surface area contributed by atoms with Gasteiger partial charge in [-0.2, -0.15) is 0 Å². The van der Waals surface area contributed by atoms with Crippen LogP contribution in [0.4, 0.5) is 5.69 Å². The number of benzene rings is 2. The molecule has 2 bridgehead atoms. The number of aliphatic hydroxyl groups is 1. The number of alkyl halides is 1. The lowest BCUT2D eigenvalue weighted by molar-refractivity contribution is -0.155. The Balaban J connectivity index is 1.69. The number of hydrogen-bond donors (Lipinski definition) is 1. The average Bonchev–Trinajstić information content (AvgIpc) is 3.52. The topological polar surface area (TPSA) is 96.4 Å². The Morgan fingerprint density at radius 3 is 2.50 bits per heavy atom. The minimum absolute atomic E-state index is 0.165. The van der Waals surface area contributed by atoms with E-state index < -0.39 is 48.2 Å². The number of fused-ring (bicyclic) bond motifs is 1. The zero-order valence-corrected chi connectivity index (χ0v) is 24.5. The van der Waals surface area contributed by atoms with E-state index in [4.69, 9.17) is 9.47 Å². The van der Waals surface area contributed by atoms with Crippen molar-refractivity contribution in [3.63, 3.8) is 0 Å². The first-order chi connectivity index (χ1) is 19.2. The molecule has 212 valence electrons. The number of rotatable bonds is 9. The van der Waals surface area contributed by atoms with Crippen molar-refractivity contribution in [3.05, 3.63) is 77.9 Å². The van der Waals surface area contributed by atoms with E-state index in [9.17, 15) is 19.5 Å². The van der Waals surface area contributed by atoms with Crippen molar-refractivity contribution in [3.8, 4) is 0 Å². The molecular weight excluding hydrogens is 576 g/mol. The van der Waals surface area contributed by atoms with E-state index in [0.29, 0.717) is 12.0 Å². The smallest absolute Gasteiger partial charge is 0.312 e. The number of esters is 1. The van der Waals surface area contributed by atoms with Gasteiger partial charge in [-0.1, -0.05) is 70.5 Å². The summed E-state index contributed by atoms with van der Waals surface area (Å²) < 4.78 is 12.0. The van der Waals surface area contributed by atoms with Crippen molar-refractivity contribution >= 4 is 39.4 Å². The minimum Gasteiger partial charge on any atom is -0.466 e. The molecule has 1 N–H and O–H groups in total. The molecule has 3 aliphatic heterocycles. The first kappa shape index (κ1) is 28.5. The molecule has 40 heavy (non-hydrogen) atoms. The van der Waals surface area contributed by atoms with Crippen LogP contribution in [0.2, 0.25) is 0 Å². The third-order valence-electron chi connectivity index (χ3n) is 8.50. The van der Waals surface area contributed by atoms with Gasteiger partial charge >= 0.3 is 5.97 Å². The number of aryl methyl sites for hydroxylation is 2. The van der Waals surface area contributed by atoms with Crippen LogP contribution >= 0.6 is 15.9 Å². The maximum atomic E-state index is 14.9. The average molecular weight is 612 g/mol. The fraction of sp³-hybridized carbons (Fsp3) is 0.452. The van der Waals surface area contributed by atoms with E-state index in [1.54, 1.807) is 17.9 Å². The zero-order chi connectivity index (χ0) is 28.8. The van der Waals surface area contributed by atoms with E-state index in [0.717, 1.165) is 16.8 Å². The van der Waals surface area contributed by atoms with Gasteiger partial charge in [0, 0.05) is 17.1 Å². The highest BCUT2D eigenvalue weighted by Crippen LogP contribution is 2.61. The molecule has 3 heterocycles. The first-order valence-electron chi connectivity index (χ1n) is 13.7. The predicted octanol–water partition coefficient (Wildman–Crippen LogP) is 3.87. The van der Waals surface area contributed by atoms with Crippen molar-refractivity contribution in [1.82, 2.24) is 4.90 Å². The van der Waals surface area contributed by atoms with E-state index in [1.165, 1.54) is 4.90 Å². The van der Waals surface area contributed by atoms with Crippen molar-refractivity contribution in [2.45, 2.75) is 55.8 Å². The number of hydrogen-bond acceptors (Lipinski definition) is 6. The number of halogens is 1. The molecule has 2 amide bonds. The van der Waals surface area contributed by atoms with Gasteiger partial charge in [0.25, 0.3) is 5.91 Å². The predicted molar refractivity (Wildman–Crippen MR) is 154 cm³/mol. The van der Waals surface area contributed by atoms with Crippen LogP contribution in [0, 0.1) is 25.7 Å². The van der Waals surface area contributed by atoms with Crippen molar-refractivity contribution in [2.75, 3.05) is 24.7 Å². The van der Waals surface area contributed by atoms with Crippen LogP contribution in [0.3, 0.4) is 0 Å². The summed E-state index contributed by atoms with van der Waals surface area (Å²) in [5, 5.41) is 10.7. The van der Waals surface area contributed by atoms with Crippen molar-refractivity contribution in [2.24, 2.45) is 11.8 Å². The first-order valence-corrected chi connectivity index (χ1v) is 14.6. The standard InChI is InChI=1S/C31H35BrN2O6/c1-5-15-33(25-18(3)11-10-12-19(25)4)29(37)27-31-16-21(32)26(40-31)23(30(38)39-6-2)24(31)28(36)34(27)22(17-35)20-13-8-7-9-14-20/h5,7-14,21-24,26-27,35H,1,6,15-17H2,2-4H3/t21?,22-,23-,24+,26-,27?,31?/m1/s1. The lowest BCUT2D eigenvalue weighted by Gasteiger charge is -2.40. The number of anilines is 1. The summed E-state index contributed by atoms with van der Waals surface area (Å²) in [6.45, 7) is 9.46. The lowest BCUT2D eigenvalue weighted by Crippen LogP contribution is -2.57. The fourth-order valence-electron chi connectivity index (χ4n) is 7.02. The summed E-state index contributed by atoms with van der Waals surface area (Å²) in [7, 11) is 0. The molecule has 8 nitrogen and oxygen atoms in total. The molecule has 3 unspecified atom stereocenters. The normalized spacial score (nSPS) is 29.3. The number of aliphatic hydroxyl groups excluding tert-OH is 1. The second-order valence-electron chi connectivity index (χ2n) is 10.7. The monoisotopic (exact) mass is 610 g/mol. The Labute approximate surface area is 243 Å². The van der Waals surface area contributed by atoms with Gasteiger partial charge in [-0.3, -0.25) is 14.4 Å². The second kappa shape index (κ2) is 11.1. The molecule has 2 aromatic rings. The summed E-state index contributed by atoms with van der Waals surface area (Å²) in [4.78, 5) is 45.5. The van der Waals surface area contributed by atoms with Crippen LogP contribution in [0.15, 0.2) is 61.2 Å². The van der Waals surface area contributed by atoms with Crippen molar-refractivity contribution in [1.29, 1.82) is 0 Å². The number of ether oxygens (including phenoxy) is 2. The quantitative estimate of drug-likeness (QED) is 0.263. The summed E-state index contributed by atoms with van der Waals surface area (Å²) in [6, 6.07) is 13.1. The third kappa shape index (κ3) is 4.30. The highest BCUT2D eigenvalue weighted by atomic mass is 79.9. The van der Waals surface area contributed by atoms with E-state index in [2.05, 4.69) is 22.5 Å². The Kier molecular flexibility index (Phi) is 7.92. The van der Waals surface area contributed by atoms with Crippen LogP contribution in [-0.4, -0.2) is 70.1 Å². The number of nitrogens with zero attached hydrogens (tertiary/aromatic N) is 2. The van der Waals surface area contributed by atoms with Gasteiger partial charge < -0.3 is 24.4 Å². The number of carbonyl (C=O) groups is 3. The molecule has 0 aliphatic carbocycles. The van der Waals surface area contributed by atoms with Gasteiger partial charge in [0.2, 0.25) is 5.91 Å². The van der Waals surface area contributed by atoms with Crippen LogP contribution < -0.4 is 4.90 Å². The van der Waals surface area contributed by atoms with E-state index in [-0.39, 0.29) is 29.8 Å².